The third kappa shape index (κ3) is 4.03. The number of benzene rings is 1. The highest BCUT2D eigenvalue weighted by Crippen LogP contribution is 2.26. The average Bonchev–Trinajstić information content (AvgIpc) is 3.03. The summed E-state index contributed by atoms with van der Waals surface area (Å²) in [6, 6.07) is 6.56. The first-order chi connectivity index (χ1) is 12.0. The summed E-state index contributed by atoms with van der Waals surface area (Å²) in [4.78, 5) is 25.1. The molecule has 1 N–H and O–H groups in total. The van der Waals surface area contributed by atoms with Crippen LogP contribution in [0.25, 0.3) is 11.3 Å². The molecule has 0 atom stereocenters. The largest absolute Gasteiger partial charge is 0.338 e. The number of piperidine rings is 1. The topological polar surface area (TPSA) is 93.3 Å². The highest BCUT2D eigenvalue weighted by molar-refractivity contribution is 5.99. The maximum atomic E-state index is 12.9. The maximum absolute atomic E-state index is 12.9. The van der Waals surface area contributed by atoms with Crippen LogP contribution in [0, 0.1) is 10.1 Å². The van der Waals surface area contributed by atoms with Crippen molar-refractivity contribution in [1.29, 1.82) is 0 Å². The number of likely N-dealkylation sites (tertiary alicyclic amines) is 1. The van der Waals surface area contributed by atoms with Gasteiger partial charge in [-0.25, -0.2) is 0 Å². The van der Waals surface area contributed by atoms with Crippen molar-refractivity contribution in [3.8, 4) is 11.3 Å². The van der Waals surface area contributed by atoms with Gasteiger partial charge in [0, 0.05) is 50.1 Å². The van der Waals surface area contributed by atoms with Gasteiger partial charge in [0.05, 0.1) is 10.5 Å². The molecule has 1 aromatic heterocycles. The van der Waals surface area contributed by atoms with Crippen molar-refractivity contribution >= 4 is 24.0 Å². The zero-order valence-electron chi connectivity index (χ0n) is 14.7. The molecule has 1 saturated heterocycles. The third-order valence-electron chi connectivity index (χ3n) is 4.60. The van der Waals surface area contributed by atoms with E-state index in [0.29, 0.717) is 36.0 Å². The van der Waals surface area contributed by atoms with Crippen molar-refractivity contribution in [2.75, 3.05) is 20.1 Å². The van der Waals surface area contributed by atoms with E-state index >= 15 is 0 Å². The first-order valence-corrected chi connectivity index (χ1v) is 8.24. The number of carbonyl (C=O) groups is 1. The van der Waals surface area contributed by atoms with E-state index in [-0.39, 0.29) is 24.0 Å². The van der Waals surface area contributed by atoms with Crippen LogP contribution in [0.15, 0.2) is 30.5 Å². The van der Waals surface area contributed by atoms with Gasteiger partial charge in [0.15, 0.2) is 0 Å². The number of rotatable bonds is 4. The lowest BCUT2D eigenvalue weighted by Crippen LogP contribution is -2.44. The Balaban J connectivity index is 0.00000243. The second-order valence-electron chi connectivity index (χ2n) is 6.22. The summed E-state index contributed by atoms with van der Waals surface area (Å²) >= 11 is 0. The van der Waals surface area contributed by atoms with Crippen LogP contribution in [0.4, 0.5) is 5.69 Å². The number of amides is 1. The molecular weight excluding hydrogens is 358 g/mol. The molecule has 1 fully saturated rings. The number of hydrogen-bond acceptors (Lipinski definition) is 5. The first kappa shape index (κ1) is 19.9. The van der Waals surface area contributed by atoms with Gasteiger partial charge in [-0.3, -0.25) is 19.6 Å². The van der Waals surface area contributed by atoms with Crippen molar-refractivity contribution in [3.63, 3.8) is 0 Å². The lowest BCUT2D eigenvalue weighted by atomic mass is 10.0. The number of aryl methyl sites for hydroxylation is 1. The van der Waals surface area contributed by atoms with Gasteiger partial charge in [-0.1, -0.05) is 0 Å². The molecule has 2 aromatic rings. The van der Waals surface area contributed by atoms with E-state index in [4.69, 9.17) is 0 Å². The molecule has 2 heterocycles. The smallest absolute Gasteiger partial charge is 0.269 e. The molecule has 8 nitrogen and oxygen atoms in total. The van der Waals surface area contributed by atoms with Crippen LogP contribution < -0.4 is 5.32 Å². The quantitative estimate of drug-likeness (QED) is 0.649. The summed E-state index contributed by atoms with van der Waals surface area (Å²) in [7, 11) is 3.70. The van der Waals surface area contributed by atoms with Crippen molar-refractivity contribution in [2.24, 2.45) is 7.05 Å². The molecule has 0 radical (unpaired) electrons. The lowest BCUT2D eigenvalue weighted by molar-refractivity contribution is -0.384. The van der Waals surface area contributed by atoms with Gasteiger partial charge in [0.2, 0.25) is 0 Å². The van der Waals surface area contributed by atoms with Gasteiger partial charge in [0.1, 0.15) is 5.69 Å². The van der Waals surface area contributed by atoms with E-state index in [0.717, 1.165) is 12.8 Å². The number of non-ortho nitro benzene ring substituents is 1. The minimum atomic E-state index is -0.444. The standard InChI is InChI=1S/C17H21N5O3.ClH/c1-18-13-7-9-21(10-8-13)17(23)15-11-20(2)19-16(15)12-3-5-14(6-4-12)22(24)25;/h3-6,11,13,18H,7-10H2,1-2H3;1H. The Morgan fingerprint density at radius 3 is 2.42 bits per heavy atom. The average molecular weight is 380 g/mol. The number of hydrogen-bond donors (Lipinski definition) is 1. The van der Waals surface area contributed by atoms with Gasteiger partial charge in [-0.2, -0.15) is 5.10 Å². The highest BCUT2D eigenvalue weighted by Gasteiger charge is 2.26. The number of carbonyl (C=O) groups excluding carboxylic acids is 1. The van der Waals surface area contributed by atoms with Gasteiger partial charge in [-0.05, 0) is 32.0 Å². The zero-order valence-corrected chi connectivity index (χ0v) is 15.5. The Morgan fingerprint density at radius 2 is 1.88 bits per heavy atom. The van der Waals surface area contributed by atoms with Crippen molar-refractivity contribution in [2.45, 2.75) is 18.9 Å². The molecule has 9 heteroatoms. The van der Waals surface area contributed by atoms with E-state index in [9.17, 15) is 14.9 Å². The van der Waals surface area contributed by atoms with Crippen LogP contribution in [-0.2, 0) is 7.05 Å². The number of nitro groups is 1. The fourth-order valence-electron chi connectivity index (χ4n) is 3.14. The van der Waals surface area contributed by atoms with Crippen molar-refractivity contribution in [3.05, 3.63) is 46.1 Å². The summed E-state index contributed by atoms with van der Waals surface area (Å²) < 4.78 is 1.60. The van der Waals surface area contributed by atoms with Gasteiger partial charge in [-0.15, -0.1) is 12.4 Å². The summed E-state index contributed by atoms with van der Waals surface area (Å²) in [5.74, 6) is -0.0454. The number of nitrogens with one attached hydrogen (secondary N) is 1. The first-order valence-electron chi connectivity index (χ1n) is 8.24. The van der Waals surface area contributed by atoms with Gasteiger partial charge >= 0.3 is 0 Å². The van der Waals surface area contributed by atoms with E-state index in [1.807, 2.05) is 11.9 Å². The molecule has 0 saturated carbocycles. The van der Waals surface area contributed by atoms with E-state index in [1.54, 1.807) is 30.1 Å². The van der Waals surface area contributed by atoms with Gasteiger partial charge < -0.3 is 10.2 Å². The number of halogens is 1. The zero-order chi connectivity index (χ0) is 18.0. The lowest BCUT2D eigenvalue weighted by Gasteiger charge is -2.31. The molecule has 0 aliphatic carbocycles. The monoisotopic (exact) mass is 379 g/mol. The van der Waals surface area contributed by atoms with E-state index < -0.39 is 4.92 Å². The Kier molecular flexibility index (Phi) is 6.33. The minimum Gasteiger partial charge on any atom is -0.338 e. The summed E-state index contributed by atoms with van der Waals surface area (Å²) in [6.07, 6.45) is 3.56. The third-order valence-corrected chi connectivity index (χ3v) is 4.60. The predicted molar refractivity (Wildman–Crippen MR) is 101 cm³/mol. The Labute approximate surface area is 157 Å². The molecule has 26 heavy (non-hydrogen) atoms. The molecule has 1 aliphatic heterocycles. The normalized spacial score (nSPS) is 14.8. The predicted octanol–water partition coefficient (Wildman–Crippen LogP) is 2.24. The van der Waals surface area contributed by atoms with Crippen LogP contribution >= 0.6 is 12.4 Å². The Hall–Kier alpha value is -2.45. The molecule has 1 aromatic carbocycles. The van der Waals surface area contributed by atoms with Crippen molar-refractivity contribution < 1.29 is 9.72 Å². The SMILES string of the molecule is CNC1CCN(C(=O)c2cn(C)nc2-c2ccc([N+](=O)[O-])cc2)CC1.Cl. The maximum Gasteiger partial charge on any atom is 0.269 e. The van der Waals surface area contributed by atoms with Crippen LogP contribution in [0.3, 0.4) is 0 Å². The van der Waals surface area contributed by atoms with Crippen LogP contribution in [0.1, 0.15) is 23.2 Å². The second kappa shape index (κ2) is 8.29. The fraction of sp³-hybridized carbons (Fsp3) is 0.412. The van der Waals surface area contributed by atoms with Crippen molar-refractivity contribution in [1.82, 2.24) is 20.0 Å². The molecule has 1 aliphatic rings. The second-order valence-corrected chi connectivity index (χ2v) is 6.22. The summed E-state index contributed by atoms with van der Waals surface area (Å²) in [5, 5.41) is 18.4. The highest BCUT2D eigenvalue weighted by atomic mass is 35.5. The minimum absolute atomic E-state index is 0. The molecular formula is C17H22ClN5O3. The Morgan fingerprint density at radius 1 is 1.27 bits per heavy atom. The molecule has 3 rings (SSSR count). The molecule has 1 amide bonds. The molecule has 0 unspecified atom stereocenters. The van der Waals surface area contributed by atoms with E-state index in [2.05, 4.69) is 10.4 Å². The number of aromatic nitrogens is 2. The number of nitro benzene ring substituents is 1. The van der Waals surface area contributed by atoms with Crippen LogP contribution in [-0.4, -0.2) is 51.7 Å². The Bertz CT molecular complexity index is 782. The van der Waals surface area contributed by atoms with E-state index in [1.165, 1.54) is 12.1 Å². The van der Waals surface area contributed by atoms with Crippen LogP contribution in [0.5, 0.6) is 0 Å². The molecule has 0 bridgehead atoms. The fourth-order valence-corrected chi connectivity index (χ4v) is 3.14. The molecule has 140 valence electrons. The van der Waals surface area contributed by atoms with Gasteiger partial charge in [0.25, 0.3) is 11.6 Å². The summed E-state index contributed by atoms with van der Waals surface area (Å²) in [5.41, 5.74) is 1.79. The molecule has 0 spiro atoms. The summed E-state index contributed by atoms with van der Waals surface area (Å²) in [6.45, 7) is 1.41. The number of nitrogens with zero attached hydrogens (tertiary/aromatic N) is 4. The van der Waals surface area contributed by atoms with Crippen LogP contribution in [0.2, 0.25) is 0 Å².